The topological polar surface area (TPSA) is 65.1 Å². The molecular formula is C18H12ClFN2O2. The first-order valence-corrected chi connectivity index (χ1v) is 7.43. The molecule has 3 rings (SSSR count). The first-order chi connectivity index (χ1) is 11.5. The van der Waals surface area contributed by atoms with Gasteiger partial charge in [-0.3, -0.25) is 14.2 Å². The van der Waals surface area contributed by atoms with E-state index in [0.717, 1.165) is 6.07 Å². The van der Waals surface area contributed by atoms with Crippen molar-refractivity contribution in [1.82, 2.24) is 4.57 Å². The normalized spacial score (nSPS) is 10.6. The fourth-order valence-electron chi connectivity index (χ4n) is 2.38. The van der Waals surface area contributed by atoms with Crippen LogP contribution in [-0.4, -0.2) is 10.4 Å². The Bertz CT molecular complexity index is 984. The molecule has 6 heteroatoms. The van der Waals surface area contributed by atoms with Crippen molar-refractivity contribution in [1.29, 1.82) is 0 Å². The molecule has 0 amide bonds. The Balaban J connectivity index is 2.14. The molecule has 0 atom stereocenters. The quantitative estimate of drug-likeness (QED) is 0.741. The monoisotopic (exact) mass is 342 g/mol. The average Bonchev–Trinajstić information content (AvgIpc) is 2.58. The summed E-state index contributed by atoms with van der Waals surface area (Å²) >= 11 is 5.72. The van der Waals surface area contributed by atoms with Gasteiger partial charge in [-0.1, -0.05) is 29.8 Å². The largest absolute Gasteiger partial charge is 0.384 e. The third kappa shape index (κ3) is 2.81. The summed E-state index contributed by atoms with van der Waals surface area (Å²) in [6.45, 7) is 0. The number of hydrogen-bond acceptors (Lipinski definition) is 3. The van der Waals surface area contributed by atoms with Gasteiger partial charge in [0.1, 0.15) is 11.6 Å². The van der Waals surface area contributed by atoms with Crippen molar-refractivity contribution in [3.05, 3.63) is 93.0 Å². The molecule has 1 aromatic heterocycles. The predicted molar refractivity (Wildman–Crippen MR) is 91.3 cm³/mol. The van der Waals surface area contributed by atoms with Crippen molar-refractivity contribution in [2.24, 2.45) is 0 Å². The Morgan fingerprint density at radius 2 is 1.75 bits per heavy atom. The number of pyridine rings is 1. The van der Waals surface area contributed by atoms with Gasteiger partial charge in [-0.15, -0.1) is 0 Å². The first-order valence-electron chi connectivity index (χ1n) is 7.06. The van der Waals surface area contributed by atoms with Crippen LogP contribution in [-0.2, 0) is 0 Å². The maximum Gasteiger partial charge on any atom is 0.256 e. The minimum Gasteiger partial charge on any atom is -0.384 e. The highest BCUT2D eigenvalue weighted by atomic mass is 35.5. The van der Waals surface area contributed by atoms with E-state index in [-0.39, 0.29) is 27.5 Å². The predicted octanol–water partition coefficient (Wildman–Crippen LogP) is 3.44. The van der Waals surface area contributed by atoms with Crippen LogP contribution in [0.25, 0.3) is 5.69 Å². The van der Waals surface area contributed by atoms with E-state index in [4.69, 9.17) is 17.3 Å². The molecule has 24 heavy (non-hydrogen) atoms. The molecule has 120 valence electrons. The van der Waals surface area contributed by atoms with Gasteiger partial charge >= 0.3 is 0 Å². The van der Waals surface area contributed by atoms with Gasteiger partial charge in [0.25, 0.3) is 5.56 Å². The second-order valence-corrected chi connectivity index (χ2v) is 5.51. The number of nitrogen functional groups attached to an aromatic ring is 1. The maximum atomic E-state index is 13.3. The Morgan fingerprint density at radius 3 is 2.42 bits per heavy atom. The lowest BCUT2D eigenvalue weighted by atomic mass is 10.0. The fourth-order valence-corrected chi connectivity index (χ4v) is 2.56. The van der Waals surface area contributed by atoms with Crippen molar-refractivity contribution in [2.45, 2.75) is 0 Å². The highest BCUT2D eigenvalue weighted by molar-refractivity contribution is 6.31. The van der Waals surface area contributed by atoms with Gasteiger partial charge in [-0.2, -0.15) is 0 Å². The lowest BCUT2D eigenvalue weighted by Gasteiger charge is -2.13. The summed E-state index contributed by atoms with van der Waals surface area (Å²) in [5.74, 6) is -1.05. The number of carbonyl (C=O) groups excluding carboxylic acids is 1. The molecule has 0 aliphatic carbocycles. The van der Waals surface area contributed by atoms with Crippen molar-refractivity contribution in [2.75, 3.05) is 5.73 Å². The maximum absolute atomic E-state index is 13.3. The Labute approximate surface area is 141 Å². The van der Waals surface area contributed by atoms with Crippen LogP contribution in [0.4, 0.5) is 10.2 Å². The zero-order valence-electron chi connectivity index (χ0n) is 12.4. The van der Waals surface area contributed by atoms with Crippen LogP contribution in [0.5, 0.6) is 0 Å². The van der Waals surface area contributed by atoms with Crippen LogP contribution in [0, 0.1) is 5.82 Å². The van der Waals surface area contributed by atoms with Crippen molar-refractivity contribution >= 4 is 23.2 Å². The van der Waals surface area contributed by atoms with Crippen LogP contribution >= 0.6 is 11.6 Å². The number of para-hydroxylation sites is 1. The average molecular weight is 343 g/mol. The summed E-state index contributed by atoms with van der Waals surface area (Å²) in [5, 5.41) is -0.157. The van der Waals surface area contributed by atoms with Gasteiger partial charge in [0.05, 0.1) is 16.3 Å². The first kappa shape index (κ1) is 16.0. The van der Waals surface area contributed by atoms with E-state index in [1.807, 2.05) is 0 Å². The number of benzene rings is 2. The molecule has 2 aromatic carbocycles. The van der Waals surface area contributed by atoms with Crippen LogP contribution < -0.4 is 11.3 Å². The SMILES string of the molecule is Nc1c(C(=O)c2ccc(F)c(Cl)c2)ccc(=O)n1-c1ccccc1. The molecule has 3 aromatic rings. The summed E-state index contributed by atoms with van der Waals surface area (Å²) in [4.78, 5) is 24.8. The van der Waals surface area contributed by atoms with E-state index in [1.54, 1.807) is 30.3 Å². The Hall–Kier alpha value is -2.92. The molecule has 2 N–H and O–H groups in total. The van der Waals surface area contributed by atoms with Gasteiger partial charge in [0, 0.05) is 11.6 Å². The van der Waals surface area contributed by atoms with Crippen molar-refractivity contribution < 1.29 is 9.18 Å². The lowest BCUT2D eigenvalue weighted by molar-refractivity contribution is 0.103. The third-order valence-corrected chi connectivity index (χ3v) is 3.86. The van der Waals surface area contributed by atoms with Crippen molar-refractivity contribution in [3.8, 4) is 5.69 Å². The number of nitrogens with two attached hydrogens (primary N) is 1. The Morgan fingerprint density at radius 1 is 1.04 bits per heavy atom. The van der Waals surface area contributed by atoms with Gasteiger partial charge in [-0.25, -0.2) is 4.39 Å². The van der Waals surface area contributed by atoms with E-state index in [1.165, 1.54) is 28.8 Å². The number of halogens is 2. The molecule has 0 aliphatic rings. The number of anilines is 1. The molecule has 0 unspecified atom stereocenters. The molecule has 0 spiro atoms. The van der Waals surface area contributed by atoms with Crippen LogP contribution in [0.1, 0.15) is 15.9 Å². The summed E-state index contributed by atoms with van der Waals surface area (Å²) in [5.41, 5.74) is 6.58. The van der Waals surface area contributed by atoms with Crippen LogP contribution in [0.2, 0.25) is 5.02 Å². The van der Waals surface area contributed by atoms with Crippen LogP contribution in [0.15, 0.2) is 65.5 Å². The smallest absolute Gasteiger partial charge is 0.256 e. The van der Waals surface area contributed by atoms with E-state index in [9.17, 15) is 14.0 Å². The molecular weight excluding hydrogens is 331 g/mol. The second kappa shape index (κ2) is 6.29. The van der Waals surface area contributed by atoms with Gasteiger partial charge < -0.3 is 5.73 Å². The van der Waals surface area contributed by atoms with Gasteiger partial charge in [0.2, 0.25) is 0 Å². The summed E-state index contributed by atoms with van der Waals surface area (Å²) in [6, 6.07) is 15.0. The van der Waals surface area contributed by atoms with Crippen LogP contribution in [0.3, 0.4) is 0 Å². The number of aromatic nitrogens is 1. The van der Waals surface area contributed by atoms with Gasteiger partial charge in [-0.05, 0) is 36.4 Å². The highest BCUT2D eigenvalue weighted by Gasteiger charge is 2.17. The van der Waals surface area contributed by atoms with E-state index in [0.29, 0.717) is 5.69 Å². The third-order valence-electron chi connectivity index (χ3n) is 3.57. The summed E-state index contributed by atoms with van der Waals surface area (Å²) < 4.78 is 14.5. The number of nitrogens with zero attached hydrogens (tertiary/aromatic N) is 1. The zero-order chi connectivity index (χ0) is 17.3. The molecule has 0 saturated heterocycles. The molecule has 0 fully saturated rings. The second-order valence-electron chi connectivity index (χ2n) is 5.10. The number of hydrogen-bond donors (Lipinski definition) is 1. The fraction of sp³-hybridized carbons (Fsp3) is 0. The number of carbonyl (C=O) groups is 1. The molecule has 1 heterocycles. The minimum atomic E-state index is -0.615. The molecule has 0 saturated carbocycles. The standard InChI is InChI=1S/C18H12ClFN2O2/c19-14-10-11(6-8-15(14)20)17(24)13-7-9-16(23)22(18(13)21)12-4-2-1-3-5-12/h1-10H,21H2. The minimum absolute atomic E-state index is 0.0131. The summed E-state index contributed by atoms with van der Waals surface area (Å²) in [7, 11) is 0. The highest BCUT2D eigenvalue weighted by Crippen LogP contribution is 2.22. The van der Waals surface area contributed by atoms with E-state index >= 15 is 0 Å². The van der Waals surface area contributed by atoms with Gasteiger partial charge in [0.15, 0.2) is 5.78 Å². The lowest BCUT2D eigenvalue weighted by Crippen LogP contribution is -2.23. The zero-order valence-corrected chi connectivity index (χ0v) is 13.1. The van der Waals surface area contributed by atoms with E-state index < -0.39 is 11.6 Å². The van der Waals surface area contributed by atoms with Crippen molar-refractivity contribution in [3.63, 3.8) is 0 Å². The Kier molecular flexibility index (Phi) is 4.18. The summed E-state index contributed by atoms with van der Waals surface area (Å²) in [6.07, 6.45) is 0. The molecule has 4 nitrogen and oxygen atoms in total. The molecule has 0 aliphatic heterocycles. The molecule has 0 radical (unpaired) electrons. The number of ketones is 1. The molecule has 0 bridgehead atoms. The van der Waals surface area contributed by atoms with E-state index in [2.05, 4.69) is 0 Å². The number of rotatable bonds is 3.